The molecule has 0 aromatic carbocycles. The summed E-state index contributed by atoms with van der Waals surface area (Å²) in [5, 5.41) is 8.68. The van der Waals surface area contributed by atoms with Crippen molar-refractivity contribution >= 4 is 29.6 Å². The number of ether oxygens (including phenoxy) is 1. The van der Waals surface area contributed by atoms with Crippen molar-refractivity contribution in [2.45, 2.75) is 13.3 Å². The minimum absolute atomic E-state index is 0. The summed E-state index contributed by atoms with van der Waals surface area (Å²) in [6.07, 6.45) is 7.89. The molecule has 0 aliphatic rings. The number of carbonyl (C=O) groups excluding carboxylic acids is 1. The number of esters is 1. The first-order chi connectivity index (χ1) is 12.6. The van der Waals surface area contributed by atoms with Crippen molar-refractivity contribution in [2.24, 2.45) is 12.8 Å². The summed E-state index contributed by atoms with van der Waals surface area (Å²) in [4.78, 5) is 13.8. The van der Waals surface area contributed by atoms with E-state index in [1.165, 1.54) is 0 Å². The number of fused-ring (bicyclic) bond motifs is 1. The van der Waals surface area contributed by atoms with Crippen LogP contribution in [-0.4, -0.2) is 51.6 Å². The number of nitrogens with two attached hydrogens (primary N) is 1. The fourth-order valence-electron chi connectivity index (χ4n) is 2.92. The summed E-state index contributed by atoms with van der Waals surface area (Å²) in [5.74, 6) is -0.204. The highest BCUT2D eigenvalue weighted by molar-refractivity contribution is 5.85. The monoisotopic (exact) mass is 392 g/mol. The van der Waals surface area contributed by atoms with E-state index in [4.69, 9.17) is 10.5 Å². The number of hydrogen-bond acceptors (Lipinski definition) is 6. The highest BCUT2D eigenvalue weighted by Gasteiger charge is 2.15. The van der Waals surface area contributed by atoms with Gasteiger partial charge in [-0.15, -0.1) is 12.4 Å². The van der Waals surface area contributed by atoms with Crippen molar-refractivity contribution in [3.8, 4) is 11.1 Å². The maximum atomic E-state index is 11.7. The fraction of sp³-hybridized carbons (Fsp3) is 0.389. The Kier molecular flexibility index (Phi) is 7.20. The minimum atomic E-state index is -0.204. The van der Waals surface area contributed by atoms with Gasteiger partial charge in [-0.2, -0.15) is 10.2 Å². The van der Waals surface area contributed by atoms with Gasteiger partial charge in [-0.05, 0) is 13.0 Å². The van der Waals surface area contributed by atoms with Crippen LogP contribution < -0.4 is 10.6 Å². The van der Waals surface area contributed by atoms with Gasteiger partial charge in [0.1, 0.15) is 0 Å². The van der Waals surface area contributed by atoms with Gasteiger partial charge < -0.3 is 15.4 Å². The molecular formula is C18H25ClN6O2. The van der Waals surface area contributed by atoms with Gasteiger partial charge in [0.25, 0.3) is 0 Å². The van der Waals surface area contributed by atoms with E-state index >= 15 is 0 Å². The predicted molar refractivity (Wildman–Crippen MR) is 107 cm³/mol. The van der Waals surface area contributed by atoms with E-state index < -0.39 is 0 Å². The van der Waals surface area contributed by atoms with E-state index in [-0.39, 0.29) is 18.4 Å². The number of carbonyl (C=O) groups is 1. The van der Waals surface area contributed by atoms with Crippen molar-refractivity contribution in [3.05, 3.63) is 36.9 Å². The Labute approximate surface area is 164 Å². The average molecular weight is 393 g/mol. The SMILES string of the molecule is CCOC(=O)CCN(CCN)c1cnn2cc(-c3cnn(C)c3)ccc12.Cl. The van der Waals surface area contributed by atoms with Gasteiger partial charge in [-0.3, -0.25) is 9.48 Å². The highest BCUT2D eigenvalue weighted by atomic mass is 35.5. The Bertz CT molecular complexity index is 891. The average Bonchev–Trinajstić information content (AvgIpc) is 3.24. The van der Waals surface area contributed by atoms with Crippen LogP contribution in [0.4, 0.5) is 5.69 Å². The first-order valence-electron chi connectivity index (χ1n) is 8.69. The minimum Gasteiger partial charge on any atom is -0.466 e. The van der Waals surface area contributed by atoms with Gasteiger partial charge in [0, 0.05) is 50.2 Å². The van der Waals surface area contributed by atoms with Gasteiger partial charge in [0.2, 0.25) is 0 Å². The van der Waals surface area contributed by atoms with Crippen LogP contribution in [0.3, 0.4) is 0 Å². The molecule has 0 saturated heterocycles. The second-order valence-corrected chi connectivity index (χ2v) is 6.01. The molecule has 0 aliphatic carbocycles. The first-order valence-corrected chi connectivity index (χ1v) is 8.69. The lowest BCUT2D eigenvalue weighted by Gasteiger charge is -2.22. The number of anilines is 1. The largest absolute Gasteiger partial charge is 0.466 e. The van der Waals surface area contributed by atoms with Crippen LogP contribution in [0.1, 0.15) is 13.3 Å². The number of rotatable bonds is 8. The van der Waals surface area contributed by atoms with Gasteiger partial charge >= 0.3 is 5.97 Å². The second-order valence-electron chi connectivity index (χ2n) is 6.01. The zero-order valence-electron chi connectivity index (χ0n) is 15.5. The molecule has 0 fully saturated rings. The van der Waals surface area contributed by atoms with Crippen molar-refractivity contribution < 1.29 is 9.53 Å². The third-order valence-corrected chi connectivity index (χ3v) is 4.16. The Balaban J connectivity index is 0.00000261. The lowest BCUT2D eigenvalue weighted by atomic mass is 10.1. The van der Waals surface area contributed by atoms with Crippen LogP contribution in [-0.2, 0) is 16.6 Å². The molecule has 3 aromatic rings. The van der Waals surface area contributed by atoms with E-state index in [2.05, 4.69) is 15.1 Å². The van der Waals surface area contributed by atoms with Crippen molar-refractivity contribution in [1.29, 1.82) is 0 Å². The van der Waals surface area contributed by atoms with Gasteiger partial charge in [0.15, 0.2) is 0 Å². The number of aryl methyl sites for hydroxylation is 1. The van der Waals surface area contributed by atoms with Gasteiger partial charge in [-0.25, -0.2) is 4.52 Å². The van der Waals surface area contributed by atoms with Crippen molar-refractivity contribution in [3.63, 3.8) is 0 Å². The van der Waals surface area contributed by atoms with Crippen LogP contribution in [0, 0.1) is 0 Å². The molecule has 3 rings (SSSR count). The molecule has 3 aromatic heterocycles. The summed E-state index contributed by atoms with van der Waals surface area (Å²) >= 11 is 0. The van der Waals surface area contributed by atoms with Gasteiger partial charge in [0.05, 0.1) is 36.6 Å². The van der Waals surface area contributed by atoms with Crippen molar-refractivity contribution in [1.82, 2.24) is 19.4 Å². The third-order valence-electron chi connectivity index (χ3n) is 4.16. The molecule has 0 radical (unpaired) electrons. The maximum absolute atomic E-state index is 11.7. The number of hydrogen-bond donors (Lipinski definition) is 1. The van der Waals surface area contributed by atoms with Crippen LogP contribution in [0.5, 0.6) is 0 Å². The van der Waals surface area contributed by atoms with E-state index in [9.17, 15) is 4.79 Å². The third kappa shape index (κ3) is 4.78. The standard InChI is InChI=1S/C18H24N6O2.ClH/c1-3-26-18(25)6-8-23(9-7-19)17-11-21-24-13-14(4-5-16(17)24)15-10-20-22(2)12-15;/h4-5,10-13H,3,6-9,19H2,1-2H3;1H. The molecule has 146 valence electrons. The van der Waals surface area contributed by atoms with Crippen LogP contribution in [0.2, 0.25) is 0 Å². The quantitative estimate of drug-likeness (QED) is 0.588. The molecule has 0 unspecified atom stereocenters. The van der Waals surface area contributed by atoms with E-state index in [1.807, 2.05) is 48.5 Å². The number of halogens is 1. The van der Waals surface area contributed by atoms with Crippen molar-refractivity contribution in [2.75, 3.05) is 31.1 Å². The zero-order valence-corrected chi connectivity index (χ0v) is 16.4. The fourth-order valence-corrected chi connectivity index (χ4v) is 2.92. The number of nitrogens with zero attached hydrogens (tertiary/aromatic N) is 5. The Morgan fingerprint density at radius 2 is 2.00 bits per heavy atom. The summed E-state index contributed by atoms with van der Waals surface area (Å²) in [5.41, 5.74) is 9.75. The maximum Gasteiger partial charge on any atom is 0.307 e. The molecule has 9 heteroatoms. The van der Waals surface area contributed by atoms with Gasteiger partial charge in [-0.1, -0.05) is 6.07 Å². The summed E-state index contributed by atoms with van der Waals surface area (Å²) in [6, 6.07) is 4.07. The van der Waals surface area contributed by atoms with Crippen LogP contribution >= 0.6 is 12.4 Å². The topological polar surface area (TPSA) is 90.7 Å². The number of pyridine rings is 1. The molecule has 0 spiro atoms. The summed E-state index contributed by atoms with van der Waals surface area (Å²) in [6.45, 7) is 3.88. The lowest BCUT2D eigenvalue weighted by Crippen LogP contribution is -2.31. The zero-order chi connectivity index (χ0) is 18.5. The molecule has 0 aliphatic heterocycles. The highest BCUT2D eigenvalue weighted by Crippen LogP contribution is 2.25. The Morgan fingerprint density at radius 3 is 2.67 bits per heavy atom. The Hall–Kier alpha value is -2.58. The van der Waals surface area contributed by atoms with E-state index in [1.54, 1.807) is 11.6 Å². The molecule has 2 N–H and O–H groups in total. The van der Waals surface area contributed by atoms with Crippen LogP contribution in [0.25, 0.3) is 16.6 Å². The Morgan fingerprint density at radius 1 is 1.19 bits per heavy atom. The first kappa shape index (κ1) is 20.7. The molecule has 0 saturated carbocycles. The normalized spacial score (nSPS) is 10.6. The molecule has 0 amide bonds. The lowest BCUT2D eigenvalue weighted by molar-refractivity contribution is -0.142. The predicted octanol–water partition coefficient (Wildman–Crippen LogP) is 1.87. The summed E-state index contributed by atoms with van der Waals surface area (Å²) < 4.78 is 8.63. The van der Waals surface area contributed by atoms with E-state index in [0.29, 0.717) is 32.7 Å². The molecule has 0 bridgehead atoms. The smallest absolute Gasteiger partial charge is 0.307 e. The molecular weight excluding hydrogens is 368 g/mol. The molecule has 8 nitrogen and oxygen atoms in total. The molecule has 0 atom stereocenters. The second kappa shape index (κ2) is 9.38. The van der Waals surface area contributed by atoms with E-state index in [0.717, 1.165) is 22.3 Å². The number of aromatic nitrogens is 4. The molecule has 27 heavy (non-hydrogen) atoms. The summed E-state index contributed by atoms with van der Waals surface area (Å²) in [7, 11) is 1.89. The molecule has 3 heterocycles. The van der Waals surface area contributed by atoms with Crippen LogP contribution in [0.15, 0.2) is 36.9 Å².